The average molecular weight is 232 g/mol. The van der Waals surface area contributed by atoms with Crippen LogP contribution in [0.3, 0.4) is 0 Å². The van der Waals surface area contributed by atoms with E-state index in [1.807, 2.05) is 25.1 Å². The highest BCUT2D eigenvalue weighted by Crippen LogP contribution is 2.22. The fraction of sp³-hybridized carbons (Fsp3) is 0.167. The molecule has 1 heterocycles. The fourth-order valence-electron chi connectivity index (χ4n) is 1.31. The molecule has 1 aromatic heterocycles. The first-order valence-electron chi connectivity index (χ1n) is 4.99. The highest BCUT2D eigenvalue weighted by molar-refractivity contribution is 7.13. The van der Waals surface area contributed by atoms with Crippen molar-refractivity contribution in [3.8, 4) is 0 Å². The Balaban J connectivity index is 2.24. The van der Waals surface area contributed by atoms with Crippen LogP contribution in [0.1, 0.15) is 13.8 Å². The van der Waals surface area contributed by atoms with E-state index >= 15 is 0 Å². The quantitative estimate of drug-likeness (QED) is 0.808. The van der Waals surface area contributed by atoms with Crippen LogP contribution >= 0.6 is 11.5 Å². The maximum absolute atomic E-state index is 11.6. The number of carbonyl (C=O) groups excluding carboxylic acids is 1. The summed E-state index contributed by atoms with van der Waals surface area (Å²) in [6, 6.07) is 5.79. The van der Waals surface area contributed by atoms with Gasteiger partial charge in [0.05, 0.1) is 4.70 Å². The molecule has 2 rings (SSSR count). The Hall–Kier alpha value is -1.68. The highest BCUT2D eigenvalue weighted by atomic mass is 32.1. The van der Waals surface area contributed by atoms with E-state index in [9.17, 15) is 4.79 Å². The third-order valence-corrected chi connectivity index (χ3v) is 3.18. The Bertz CT molecular complexity index is 557. The molecule has 1 aromatic carbocycles. The second kappa shape index (κ2) is 4.45. The minimum atomic E-state index is -0.0648. The lowest BCUT2D eigenvalue weighted by Gasteiger charge is -2.04. The molecule has 2 aromatic rings. The maximum Gasteiger partial charge on any atom is 0.250 e. The summed E-state index contributed by atoms with van der Waals surface area (Å²) < 4.78 is 5.22. The van der Waals surface area contributed by atoms with Crippen molar-refractivity contribution in [2.24, 2.45) is 0 Å². The molecule has 4 heteroatoms. The molecule has 0 spiro atoms. The molecule has 0 aliphatic rings. The molecule has 0 saturated heterocycles. The zero-order chi connectivity index (χ0) is 11.5. The number of nitrogens with one attached hydrogen (secondary N) is 1. The number of hydrogen-bond donors (Lipinski definition) is 1. The lowest BCUT2D eigenvalue weighted by Crippen LogP contribution is -2.12. The third kappa shape index (κ3) is 2.12. The van der Waals surface area contributed by atoms with Crippen LogP contribution in [-0.2, 0) is 4.79 Å². The minimum Gasteiger partial charge on any atom is -0.322 e. The van der Waals surface area contributed by atoms with Crippen molar-refractivity contribution >= 4 is 33.2 Å². The van der Waals surface area contributed by atoms with E-state index < -0.39 is 0 Å². The second-order valence-corrected chi connectivity index (χ2v) is 4.34. The largest absolute Gasteiger partial charge is 0.322 e. The van der Waals surface area contributed by atoms with Gasteiger partial charge in [-0.25, -0.2) is 0 Å². The number of amides is 1. The Labute approximate surface area is 98.0 Å². The molecule has 0 atom stereocenters. The molecule has 0 radical (unpaired) electrons. The molecule has 0 unspecified atom stereocenters. The van der Waals surface area contributed by atoms with Crippen LogP contribution in [0, 0.1) is 0 Å². The van der Waals surface area contributed by atoms with Gasteiger partial charge in [0.25, 0.3) is 5.91 Å². The summed E-state index contributed by atoms with van der Waals surface area (Å²) in [5.74, 6) is -0.0648. The van der Waals surface area contributed by atoms with E-state index in [1.54, 1.807) is 19.2 Å². The molecule has 82 valence electrons. The van der Waals surface area contributed by atoms with Gasteiger partial charge in [-0.15, -0.1) is 0 Å². The Morgan fingerprint density at radius 1 is 1.50 bits per heavy atom. The summed E-state index contributed by atoms with van der Waals surface area (Å²) in [7, 11) is 0. The number of hydrogen-bond acceptors (Lipinski definition) is 3. The molecular formula is C12H12N2OS. The summed E-state index contributed by atoms with van der Waals surface area (Å²) in [6.07, 6.45) is 3.60. The van der Waals surface area contributed by atoms with Gasteiger partial charge in [0.1, 0.15) is 0 Å². The van der Waals surface area contributed by atoms with Crippen molar-refractivity contribution in [3.05, 3.63) is 36.0 Å². The number of benzene rings is 1. The van der Waals surface area contributed by atoms with Crippen LogP contribution < -0.4 is 5.32 Å². The molecule has 0 aliphatic carbocycles. The summed E-state index contributed by atoms with van der Waals surface area (Å²) in [4.78, 5) is 11.6. The van der Waals surface area contributed by atoms with Crippen LogP contribution in [0.4, 0.5) is 5.69 Å². The normalized spacial score (nSPS) is 11.8. The maximum atomic E-state index is 11.6. The molecule has 1 N–H and O–H groups in total. The number of allylic oxidation sites excluding steroid dienone is 1. The fourth-order valence-corrected chi connectivity index (χ4v) is 1.94. The second-order valence-electron chi connectivity index (χ2n) is 3.50. The Kier molecular flexibility index (Phi) is 3.01. The van der Waals surface area contributed by atoms with E-state index in [1.165, 1.54) is 11.5 Å². The first-order chi connectivity index (χ1) is 7.70. The minimum absolute atomic E-state index is 0.0648. The number of fused-ring (bicyclic) bond motifs is 1. The standard InChI is InChI=1S/C12H12N2OS/c1-3-8(2)12(15)14-10-4-5-11-9(6-10)7-13-16-11/h3-7H,1-2H3,(H,14,15). The molecule has 0 saturated carbocycles. The number of anilines is 1. The monoisotopic (exact) mass is 232 g/mol. The van der Waals surface area contributed by atoms with Gasteiger partial charge in [-0.3, -0.25) is 4.79 Å². The van der Waals surface area contributed by atoms with Crippen LogP contribution in [0.15, 0.2) is 36.0 Å². The van der Waals surface area contributed by atoms with E-state index in [2.05, 4.69) is 9.69 Å². The van der Waals surface area contributed by atoms with Gasteiger partial charge in [0, 0.05) is 22.8 Å². The molecule has 0 aliphatic heterocycles. The summed E-state index contributed by atoms with van der Waals surface area (Å²) >= 11 is 1.45. The SMILES string of the molecule is CC=C(C)C(=O)Nc1ccc2sncc2c1. The van der Waals surface area contributed by atoms with Crippen molar-refractivity contribution in [2.45, 2.75) is 13.8 Å². The number of nitrogens with zero attached hydrogens (tertiary/aromatic N) is 1. The molecular weight excluding hydrogens is 220 g/mol. The highest BCUT2D eigenvalue weighted by Gasteiger charge is 2.04. The predicted octanol–water partition coefficient (Wildman–Crippen LogP) is 3.20. The third-order valence-electron chi connectivity index (χ3n) is 2.40. The Morgan fingerprint density at radius 2 is 2.31 bits per heavy atom. The van der Waals surface area contributed by atoms with E-state index in [0.717, 1.165) is 15.8 Å². The number of rotatable bonds is 2. The topological polar surface area (TPSA) is 42.0 Å². The van der Waals surface area contributed by atoms with Gasteiger partial charge in [-0.1, -0.05) is 6.08 Å². The first kappa shape index (κ1) is 10.8. The van der Waals surface area contributed by atoms with Crippen molar-refractivity contribution < 1.29 is 4.79 Å². The van der Waals surface area contributed by atoms with Gasteiger partial charge in [-0.05, 0) is 43.6 Å². The van der Waals surface area contributed by atoms with Crippen LogP contribution in [0.5, 0.6) is 0 Å². The summed E-state index contributed by atoms with van der Waals surface area (Å²) in [5, 5.41) is 3.90. The van der Waals surface area contributed by atoms with Crippen molar-refractivity contribution in [1.29, 1.82) is 0 Å². The zero-order valence-corrected chi connectivity index (χ0v) is 9.97. The smallest absolute Gasteiger partial charge is 0.250 e. The van der Waals surface area contributed by atoms with Crippen LogP contribution in [-0.4, -0.2) is 10.3 Å². The van der Waals surface area contributed by atoms with Crippen LogP contribution in [0.25, 0.3) is 10.1 Å². The van der Waals surface area contributed by atoms with Crippen LogP contribution in [0.2, 0.25) is 0 Å². The summed E-state index contributed by atoms with van der Waals surface area (Å²) in [5.41, 5.74) is 1.52. The lowest BCUT2D eigenvalue weighted by molar-refractivity contribution is -0.112. The first-order valence-corrected chi connectivity index (χ1v) is 5.77. The van der Waals surface area contributed by atoms with E-state index in [-0.39, 0.29) is 5.91 Å². The molecule has 0 fully saturated rings. The summed E-state index contributed by atoms with van der Waals surface area (Å²) in [6.45, 7) is 3.64. The van der Waals surface area contributed by atoms with Gasteiger partial charge in [-0.2, -0.15) is 4.37 Å². The van der Waals surface area contributed by atoms with Crippen molar-refractivity contribution in [1.82, 2.24) is 4.37 Å². The van der Waals surface area contributed by atoms with Gasteiger partial charge < -0.3 is 5.32 Å². The average Bonchev–Trinajstić information content (AvgIpc) is 2.75. The predicted molar refractivity (Wildman–Crippen MR) is 67.7 cm³/mol. The lowest BCUT2D eigenvalue weighted by atomic mass is 10.2. The van der Waals surface area contributed by atoms with Gasteiger partial charge in [0.15, 0.2) is 0 Å². The van der Waals surface area contributed by atoms with E-state index in [4.69, 9.17) is 0 Å². The van der Waals surface area contributed by atoms with Crippen molar-refractivity contribution in [3.63, 3.8) is 0 Å². The van der Waals surface area contributed by atoms with Gasteiger partial charge >= 0.3 is 0 Å². The molecule has 1 amide bonds. The zero-order valence-electron chi connectivity index (χ0n) is 9.15. The Morgan fingerprint density at radius 3 is 3.06 bits per heavy atom. The number of carbonyl (C=O) groups is 1. The molecule has 0 bridgehead atoms. The van der Waals surface area contributed by atoms with Crippen molar-refractivity contribution in [2.75, 3.05) is 5.32 Å². The van der Waals surface area contributed by atoms with Gasteiger partial charge in [0.2, 0.25) is 0 Å². The molecule has 3 nitrogen and oxygen atoms in total. The molecule has 16 heavy (non-hydrogen) atoms. The van der Waals surface area contributed by atoms with E-state index in [0.29, 0.717) is 5.57 Å². The number of aromatic nitrogens is 1.